The monoisotopic (exact) mass is 196 g/mol. The first kappa shape index (κ1) is 10.6. The van der Waals surface area contributed by atoms with Gasteiger partial charge in [0.1, 0.15) is 0 Å². The van der Waals surface area contributed by atoms with Gasteiger partial charge in [0, 0.05) is 24.6 Å². The summed E-state index contributed by atoms with van der Waals surface area (Å²) in [5.41, 5.74) is 6.13. The molecular weight excluding hydrogens is 184 g/mol. The van der Waals surface area contributed by atoms with Crippen LogP contribution < -0.4 is 5.73 Å². The van der Waals surface area contributed by atoms with Crippen LogP contribution in [0.15, 0.2) is 24.3 Å². The van der Waals surface area contributed by atoms with Crippen molar-refractivity contribution in [3.63, 3.8) is 0 Å². The minimum atomic E-state index is -0.464. The van der Waals surface area contributed by atoms with Crippen molar-refractivity contribution in [2.75, 3.05) is 13.2 Å². The number of hydrogen-bond donors (Lipinski definition) is 2. The quantitative estimate of drug-likeness (QED) is 0.546. The fraction of sp³-hybridized carbons (Fsp3) is 0.333. The number of nitrogens with zero attached hydrogens (tertiary/aromatic N) is 1. The van der Waals surface area contributed by atoms with E-state index in [1.54, 1.807) is 12.1 Å². The first-order valence-corrected chi connectivity index (χ1v) is 4.24. The summed E-state index contributed by atoms with van der Waals surface area (Å²) in [5, 5.41) is 19.4. The molecule has 3 N–H and O–H groups in total. The molecule has 14 heavy (non-hydrogen) atoms. The highest BCUT2D eigenvalue weighted by Gasteiger charge is 2.12. The van der Waals surface area contributed by atoms with Gasteiger partial charge in [0.2, 0.25) is 0 Å². The van der Waals surface area contributed by atoms with Gasteiger partial charge in [0.15, 0.2) is 0 Å². The molecule has 0 aliphatic rings. The van der Waals surface area contributed by atoms with Crippen molar-refractivity contribution >= 4 is 5.69 Å². The number of benzene rings is 1. The summed E-state index contributed by atoms with van der Waals surface area (Å²) in [6.45, 7) is 0.176. The van der Waals surface area contributed by atoms with Crippen molar-refractivity contribution in [3.8, 4) is 0 Å². The topological polar surface area (TPSA) is 89.4 Å². The molecule has 1 unspecified atom stereocenters. The summed E-state index contributed by atoms with van der Waals surface area (Å²) in [6.07, 6.45) is 0. The molecule has 0 aromatic heterocycles. The standard InChI is InChI=1S/C9H12N2O3/c10-5-8(6-12)7-2-1-3-9(4-7)11(13)14/h1-4,8,12H,5-6,10H2. The summed E-state index contributed by atoms with van der Waals surface area (Å²) in [4.78, 5) is 10.0. The average molecular weight is 196 g/mol. The maximum Gasteiger partial charge on any atom is 0.269 e. The lowest BCUT2D eigenvalue weighted by molar-refractivity contribution is -0.384. The van der Waals surface area contributed by atoms with E-state index < -0.39 is 4.92 Å². The summed E-state index contributed by atoms with van der Waals surface area (Å²) < 4.78 is 0. The molecule has 0 saturated carbocycles. The maximum atomic E-state index is 10.5. The average Bonchev–Trinajstić information content (AvgIpc) is 2.20. The minimum absolute atomic E-state index is 0.0226. The second-order valence-electron chi connectivity index (χ2n) is 2.97. The molecule has 0 amide bonds. The van der Waals surface area contributed by atoms with Gasteiger partial charge in [-0.1, -0.05) is 12.1 Å². The van der Waals surface area contributed by atoms with Crippen LogP contribution in [0.5, 0.6) is 0 Å². The van der Waals surface area contributed by atoms with Gasteiger partial charge in [0.05, 0.1) is 11.5 Å². The number of non-ortho nitro benzene ring substituents is 1. The summed E-state index contributed by atoms with van der Waals surface area (Å²) >= 11 is 0. The zero-order valence-electron chi connectivity index (χ0n) is 7.59. The van der Waals surface area contributed by atoms with Crippen LogP contribution in [0.25, 0.3) is 0 Å². The number of nitro groups is 1. The first-order valence-electron chi connectivity index (χ1n) is 4.24. The Hall–Kier alpha value is -1.46. The Balaban J connectivity index is 2.98. The molecule has 0 radical (unpaired) electrons. The van der Waals surface area contributed by atoms with E-state index in [9.17, 15) is 10.1 Å². The van der Waals surface area contributed by atoms with E-state index in [0.717, 1.165) is 0 Å². The third-order valence-electron chi connectivity index (χ3n) is 2.06. The van der Waals surface area contributed by atoms with E-state index >= 15 is 0 Å². The van der Waals surface area contributed by atoms with Crippen LogP contribution in [0.1, 0.15) is 11.5 Å². The third-order valence-corrected chi connectivity index (χ3v) is 2.06. The predicted molar refractivity (Wildman–Crippen MR) is 52.0 cm³/mol. The lowest BCUT2D eigenvalue weighted by atomic mass is 10.00. The Morgan fingerprint density at radius 1 is 1.57 bits per heavy atom. The highest BCUT2D eigenvalue weighted by molar-refractivity contribution is 5.36. The van der Waals surface area contributed by atoms with Crippen LogP contribution in [0, 0.1) is 10.1 Å². The minimum Gasteiger partial charge on any atom is -0.396 e. The molecule has 5 heteroatoms. The van der Waals surface area contributed by atoms with Gasteiger partial charge < -0.3 is 10.8 Å². The van der Waals surface area contributed by atoms with Crippen LogP contribution in [0.2, 0.25) is 0 Å². The van der Waals surface area contributed by atoms with Crippen LogP contribution >= 0.6 is 0 Å². The normalized spacial score (nSPS) is 12.4. The van der Waals surface area contributed by atoms with Crippen molar-refractivity contribution in [2.24, 2.45) is 5.73 Å². The van der Waals surface area contributed by atoms with E-state index in [4.69, 9.17) is 10.8 Å². The smallest absolute Gasteiger partial charge is 0.269 e. The molecule has 1 rings (SSSR count). The lowest BCUT2D eigenvalue weighted by Gasteiger charge is -2.10. The SMILES string of the molecule is NCC(CO)c1cccc([N+](=O)[O-])c1. The zero-order valence-corrected chi connectivity index (χ0v) is 7.59. The molecule has 5 nitrogen and oxygen atoms in total. The molecule has 76 valence electrons. The van der Waals surface area contributed by atoms with E-state index in [1.807, 2.05) is 0 Å². The number of aliphatic hydroxyl groups excluding tert-OH is 1. The fourth-order valence-corrected chi connectivity index (χ4v) is 1.21. The molecule has 1 aromatic rings. The summed E-state index contributed by atoms with van der Waals surface area (Å²) in [7, 11) is 0. The van der Waals surface area contributed by atoms with Gasteiger partial charge in [0.25, 0.3) is 5.69 Å². The molecule has 0 aliphatic carbocycles. The third kappa shape index (κ3) is 2.27. The summed E-state index contributed by atoms with van der Waals surface area (Å²) in [5.74, 6) is -0.227. The van der Waals surface area contributed by atoms with Gasteiger partial charge in [-0.25, -0.2) is 0 Å². The molecule has 0 spiro atoms. The van der Waals surface area contributed by atoms with Crippen molar-refractivity contribution in [1.29, 1.82) is 0 Å². The predicted octanol–water partition coefficient (Wildman–Crippen LogP) is 0.629. The number of nitrogens with two attached hydrogens (primary N) is 1. The van der Waals surface area contributed by atoms with Crippen molar-refractivity contribution in [3.05, 3.63) is 39.9 Å². The van der Waals surface area contributed by atoms with Gasteiger partial charge >= 0.3 is 0 Å². The van der Waals surface area contributed by atoms with E-state index in [2.05, 4.69) is 0 Å². The molecule has 0 fully saturated rings. The van der Waals surface area contributed by atoms with Crippen molar-refractivity contribution in [1.82, 2.24) is 0 Å². The highest BCUT2D eigenvalue weighted by Crippen LogP contribution is 2.19. The van der Waals surface area contributed by atoms with Crippen LogP contribution in [0.4, 0.5) is 5.69 Å². The molecule has 0 aliphatic heterocycles. The van der Waals surface area contributed by atoms with Gasteiger partial charge in [-0.05, 0) is 5.56 Å². The second-order valence-corrected chi connectivity index (χ2v) is 2.97. The molecule has 0 bridgehead atoms. The van der Waals surface area contributed by atoms with Crippen LogP contribution in [0.3, 0.4) is 0 Å². The Morgan fingerprint density at radius 3 is 2.79 bits per heavy atom. The summed E-state index contributed by atoms with van der Waals surface area (Å²) in [6, 6.07) is 6.16. The zero-order chi connectivity index (χ0) is 10.6. The van der Waals surface area contributed by atoms with E-state index in [0.29, 0.717) is 5.56 Å². The van der Waals surface area contributed by atoms with Crippen molar-refractivity contribution in [2.45, 2.75) is 5.92 Å². The Bertz CT molecular complexity index is 324. The lowest BCUT2D eigenvalue weighted by Crippen LogP contribution is -2.16. The molecular formula is C9H12N2O3. The largest absolute Gasteiger partial charge is 0.396 e. The van der Waals surface area contributed by atoms with E-state index in [-0.39, 0.29) is 24.8 Å². The van der Waals surface area contributed by atoms with Crippen LogP contribution in [-0.4, -0.2) is 23.2 Å². The number of hydrogen-bond acceptors (Lipinski definition) is 4. The maximum absolute atomic E-state index is 10.5. The van der Waals surface area contributed by atoms with Gasteiger partial charge in [-0.15, -0.1) is 0 Å². The Morgan fingerprint density at radius 2 is 2.29 bits per heavy atom. The molecule has 0 saturated heterocycles. The van der Waals surface area contributed by atoms with Gasteiger partial charge in [-0.3, -0.25) is 10.1 Å². The number of nitro benzene ring substituents is 1. The van der Waals surface area contributed by atoms with Gasteiger partial charge in [-0.2, -0.15) is 0 Å². The molecule has 0 heterocycles. The van der Waals surface area contributed by atoms with Crippen molar-refractivity contribution < 1.29 is 10.0 Å². The first-order chi connectivity index (χ1) is 6.69. The number of rotatable bonds is 4. The Labute approximate surface area is 81.3 Å². The fourth-order valence-electron chi connectivity index (χ4n) is 1.21. The Kier molecular flexibility index (Phi) is 3.55. The molecule has 1 aromatic carbocycles. The second kappa shape index (κ2) is 4.69. The van der Waals surface area contributed by atoms with Crippen LogP contribution in [-0.2, 0) is 0 Å². The number of aliphatic hydroxyl groups is 1. The molecule has 1 atom stereocenters. The highest BCUT2D eigenvalue weighted by atomic mass is 16.6. The van der Waals surface area contributed by atoms with E-state index in [1.165, 1.54) is 12.1 Å².